The topological polar surface area (TPSA) is 100 Å². The number of carbonyl (C=O) groups excluding carboxylic acids is 1. The van der Waals surface area contributed by atoms with E-state index in [2.05, 4.69) is 20.4 Å². The lowest BCUT2D eigenvalue weighted by molar-refractivity contribution is 0.0657. The smallest absolute Gasteiger partial charge is 0.289 e. The predicted octanol–water partition coefficient (Wildman–Crippen LogP) is 1.33. The Morgan fingerprint density at radius 3 is 2.70 bits per heavy atom. The molecule has 0 atom stereocenters. The first-order chi connectivity index (χ1) is 13.2. The highest BCUT2D eigenvalue weighted by Crippen LogP contribution is 2.10. The molecule has 146 valence electrons. The minimum atomic E-state index is -0.0589. The molecule has 2 aromatic rings. The molecule has 1 saturated heterocycles. The third-order valence-electron chi connectivity index (χ3n) is 4.31. The van der Waals surface area contributed by atoms with Crippen LogP contribution in [0.4, 0.5) is 0 Å². The van der Waals surface area contributed by atoms with E-state index in [0.717, 1.165) is 38.4 Å². The van der Waals surface area contributed by atoms with Crippen LogP contribution in [0, 0.1) is 6.92 Å². The van der Waals surface area contributed by atoms with Gasteiger partial charge in [0.25, 0.3) is 5.91 Å². The Balaban J connectivity index is 1.49. The second-order valence-corrected chi connectivity index (χ2v) is 6.33. The fourth-order valence-electron chi connectivity index (χ4n) is 2.96. The minimum absolute atomic E-state index is 0.0589. The molecule has 3 heterocycles. The molecule has 0 unspecified atom stereocenters. The molecule has 1 amide bonds. The van der Waals surface area contributed by atoms with Gasteiger partial charge in [-0.25, -0.2) is 0 Å². The molecule has 9 nitrogen and oxygen atoms in total. The van der Waals surface area contributed by atoms with E-state index < -0.39 is 0 Å². The molecule has 1 aliphatic rings. The second-order valence-electron chi connectivity index (χ2n) is 6.33. The summed E-state index contributed by atoms with van der Waals surface area (Å²) in [6.07, 6.45) is 3.08. The van der Waals surface area contributed by atoms with Crippen LogP contribution in [-0.2, 0) is 6.42 Å². The quantitative estimate of drug-likeness (QED) is 0.462. The van der Waals surface area contributed by atoms with Gasteiger partial charge in [-0.3, -0.25) is 9.79 Å². The van der Waals surface area contributed by atoms with Gasteiger partial charge in [0.05, 0.1) is 6.26 Å². The lowest BCUT2D eigenvalue weighted by atomic mass is 10.3. The van der Waals surface area contributed by atoms with Crippen molar-refractivity contribution >= 4 is 11.9 Å². The molecule has 1 fully saturated rings. The number of rotatable bonds is 6. The zero-order valence-electron chi connectivity index (χ0n) is 15.8. The van der Waals surface area contributed by atoms with E-state index in [9.17, 15) is 4.79 Å². The zero-order valence-corrected chi connectivity index (χ0v) is 15.8. The van der Waals surface area contributed by atoms with Crippen LogP contribution >= 0.6 is 0 Å². The summed E-state index contributed by atoms with van der Waals surface area (Å²) in [7, 11) is 0. The number of guanidine groups is 1. The van der Waals surface area contributed by atoms with E-state index in [-0.39, 0.29) is 5.91 Å². The average Bonchev–Trinajstić information content (AvgIpc) is 3.36. The Hall–Kier alpha value is -2.84. The minimum Gasteiger partial charge on any atom is -0.459 e. The molecular formula is C18H26N6O3. The fourth-order valence-corrected chi connectivity index (χ4v) is 2.96. The van der Waals surface area contributed by atoms with Crippen LogP contribution in [0.3, 0.4) is 0 Å². The average molecular weight is 374 g/mol. The number of nitrogens with one attached hydrogen (secondary N) is 1. The molecule has 27 heavy (non-hydrogen) atoms. The van der Waals surface area contributed by atoms with E-state index >= 15 is 0 Å². The maximum atomic E-state index is 12.4. The molecule has 0 saturated carbocycles. The van der Waals surface area contributed by atoms with Gasteiger partial charge in [0.1, 0.15) is 0 Å². The first-order valence-electron chi connectivity index (χ1n) is 9.32. The second kappa shape index (κ2) is 9.20. The van der Waals surface area contributed by atoms with Crippen LogP contribution in [0.5, 0.6) is 0 Å². The van der Waals surface area contributed by atoms with Crippen LogP contribution in [-0.4, -0.2) is 71.1 Å². The number of aryl methyl sites for hydroxylation is 2. The summed E-state index contributed by atoms with van der Waals surface area (Å²) >= 11 is 0. The van der Waals surface area contributed by atoms with Crippen LogP contribution in [0.2, 0.25) is 0 Å². The Morgan fingerprint density at radius 2 is 2.07 bits per heavy atom. The number of aliphatic imine (C=N–C) groups is 1. The molecule has 3 rings (SSSR count). The highest BCUT2D eigenvalue weighted by molar-refractivity contribution is 5.91. The van der Waals surface area contributed by atoms with Gasteiger partial charge >= 0.3 is 0 Å². The van der Waals surface area contributed by atoms with Gasteiger partial charge in [-0.2, -0.15) is 4.98 Å². The van der Waals surface area contributed by atoms with Crippen molar-refractivity contribution in [2.75, 3.05) is 39.3 Å². The van der Waals surface area contributed by atoms with Crippen molar-refractivity contribution in [2.45, 2.75) is 26.7 Å². The predicted molar refractivity (Wildman–Crippen MR) is 99.5 cm³/mol. The standard InChI is InChI=1S/C18H26N6O3/c1-3-19-18(20-8-4-7-16-21-14(2)22-27-16)24-11-9-23(10-12-24)17(25)15-6-5-13-26-15/h5-6,13H,3-4,7-12H2,1-2H3,(H,19,20). The summed E-state index contributed by atoms with van der Waals surface area (Å²) in [6, 6.07) is 3.43. The highest BCUT2D eigenvalue weighted by atomic mass is 16.5. The summed E-state index contributed by atoms with van der Waals surface area (Å²) in [6.45, 7) is 8.10. The van der Waals surface area contributed by atoms with Crippen molar-refractivity contribution in [3.05, 3.63) is 35.9 Å². The van der Waals surface area contributed by atoms with Crippen LogP contribution < -0.4 is 5.32 Å². The number of furan rings is 1. The largest absolute Gasteiger partial charge is 0.459 e. The van der Waals surface area contributed by atoms with Crippen LogP contribution in [0.15, 0.2) is 32.3 Å². The summed E-state index contributed by atoms with van der Waals surface area (Å²) in [5.74, 6) is 2.52. The van der Waals surface area contributed by atoms with Gasteiger partial charge in [0.15, 0.2) is 17.5 Å². The molecule has 0 spiro atoms. The number of amides is 1. The maximum absolute atomic E-state index is 12.4. The number of piperazine rings is 1. The van der Waals surface area contributed by atoms with E-state index in [4.69, 9.17) is 13.9 Å². The Kier molecular flexibility index (Phi) is 6.45. The van der Waals surface area contributed by atoms with Gasteiger partial charge in [-0.15, -0.1) is 0 Å². The first kappa shape index (κ1) is 18.9. The molecule has 1 aliphatic heterocycles. The number of hydrogen-bond acceptors (Lipinski definition) is 6. The van der Waals surface area contributed by atoms with Crippen molar-refractivity contribution in [1.29, 1.82) is 0 Å². The van der Waals surface area contributed by atoms with Gasteiger partial charge < -0.3 is 24.1 Å². The molecule has 9 heteroatoms. The van der Waals surface area contributed by atoms with E-state index in [0.29, 0.717) is 37.1 Å². The highest BCUT2D eigenvalue weighted by Gasteiger charge is 2.25. The lowest BCUT2D eigenvalue weighted by Gasteiger charge is -2.36. The molecule has 0 aliphatic carbocycles. The zero-order chi connectivity index (χ0) is 19.1. The summed E-state index contributed by atoms with van der Waals surface area (Å²) in [5.41, 5.74) is 0. The van der Waals surface area contributed by atoms with Crippen molar-refractivity contribution in [2.24, 2.45) is 4.99 Å². The number of aromatic nitrogens is 2. The van der Waals surface area contributed by atoms with Crippen LogP contribution in [0.1, 0.15) is 35.6 Å². The molecule has 0 radical (unpaired) electrons. The maximum Gasteiger partial charge on any atom is 0.289 e. The van der Waals surface area contributed by atoms with E-state index in [1.54, 1.807) is 12.1 Å². The van der Waals surface area contributed by atoms with Gasteiger partial charge in [-0.05, 0) is 32.4 Å². The summed E-state index contributed by atoms with van der Waals surface area (Å²) in [5, 5.41) is 7.12. The van der Waals surface area contributed by atoms with E-state index in [1.807, 2.05) is 18.7 Å². The van der Waals surface area contributed by atoms with Crippen molar-refractivity contribution in [3.63, 3.8) is 0 Å². The molecular weight excluding hydrogens is 348 g/mol. The number of carbonyl (C=O) groups is 1. The SMILES string of the molecule is CCNC(=NCCCc1nc(C)no1)N1CCN(C(=O)c2ccco2)CC1. The van der Waals surface area contributed by atoms with Crippen molar-refractivity contribution < 1.29 is 13.7 Å². The third kappa shape index (κ3) is 5.08. The van der Waals surface area contributed by atoms with Crippen molar-refractivity contribution in [3.8, 4) is 0 Å². The molecule has 0 aromatic carbocycles. The Labute approximate surface area is 158 Å². The molecule has 2 aromatic heterocycles. The van der Waals surface area contributed by atoms with Gasteiger partial charge in [-0.1, -0.05) is 5.16 Å². The Morgan fingerprint density at radius 1 is 1.30 bits per heavy atom. The molecule has 1 N–H and O–H groups in total. The summed E-state index contributed by atoms with van der Waals surface area (Å²) < 4.78 is 10.3. The normalized spacial score (nSPS) is 15.3. The number of nitrogens with zero attached hydrogens (tertiary/aromatic N) is 5. The lowest BCUT2D eigenvalue weighted by Crippen LogP contribution is -2.53. The van der Waals surface area contributed by atoms with E-state index in [1.165, 1.54) is 6.26 Å². The van der Waals surface area contributed by atoms with Crippen LogP contribution in [0.25, 0.3) is 0 Å². The number of hydrogen-bond donors (Lipinski definition) is 1. The monoisotopic (exact) mass is 374 g/mol. The van der Waals surface area contributed by atoms with Gasteiger partial charge in [0, 0.05) is 45.7 Å². The van der Waals surface area contributed by atoms with Crippen molar-refractivity contribution in [1.82, 2.24) is 25.3 Å². The first-order valence-corrected chi connectivity index (χ1v) is 9.32. The fraction of sp³-hybridized carbons (Fsp3) is 0.556. The summed E-state index contributed by atoms with van der Waals surface area (Å²) in [4.78, 5) is 25.3. The van der Waals surface area contributed by atoms with Gasteiger partial charge in [0.2, 0.25) is 5.89 Å². The third-order valence-corrected chi connectivity index (χ3v) is 4.31. The molecule has 0 bridgehead atoms. The Bertz CT molecular complexity index is 747.